The van der Waals surface area contributed by atoms with Crippen LogP contribution in [0.5, 0.6) is 0 Å². The SMILES string of the molecule is CCCNCc1ccc(N(C)CC2(O)CCCC2)c(Cl)c1. The van der Waals surface area contributed by atoms with Crippen LogP contribution in [0, 0.1) is 0 Å². The van der Waals surface area contributed by atoms with E-state index in [1.54, 1.807) is 0 Å². The van der Waals surface area contributed by atoms with Gasteiger partial charge in [-0.15, -0.1) is 0 Å². The Morgan fingerprint density at radius 1 is 1.33 bits per heavy atom. The van der Waals surface area contributed by atoms with Crippen molar-refractivity contribution < 1.29 is 5.11 Å². The monoisotopic (exact) mass is 310 g/mol. The molecule has 1 saturated carbocycles. The number of rotatable bonds is 7. The lowest BCUT2D eigenvalue weighted by Gasteiger charge is -2.30. The Bertz CT molecular complexity index is 458. The zero-order valence-electron chi connectivity index (χ0n) is 13.2. The summed E-state index contributed by atoms with van der Waals surface area (Å²) in [7, 11) is 2.01. The second-order valence-electron chi connectivity index (χ2n) is 6.25. The van der Waals surface area contributed by atoms with E-state index < -0.39 is 5.60 Å². The van der Waals surface area contributed by atoms with Crippen LogP contribution >= 0.6 is 11.6 Å². The predicted octanol–water partition coefficient (Wildman–Crippen LogP) is 3.58. The van der Waals surface area contributed by atoms with Crippen LogP contribution in [-0.4, -0.2) is 30.8 Å². The van der Waals surface area contributed by atoms with Crippen molar-refractivity contribution in [2.24, 2.45) is 0 Å². The van der Waals surface area contributed by atoms with Crippen molar-refractivity contribution in [2.45, 2.75) is 51.2 Å². The summed E-state index contributed by atoms with van der Waals surface area (Å²) >= 11 is 6.42. The van der Waals surface area contributed by atoms with Gasteiger partial charge in [0.1, 0.15) is 0 Å². The zero-order valence-corrected chi connectivity index (χ0v) is 13.9. The van der Waals surface area contributed by atoms with Crippen LogP contribution < -0.4 is 10.2 Å². The Morgan fingerprint density at radius 3 is 2.67 bits per heavy atom. The minimum atomic E-state index is -0.542. The first-order valence-electron chi connectivity index (χ1n) is 7.97. The molecule has 1 aliphatic carbocycles. The number of nitrogens with one attached hydrogen (secondary N) is 1. The molecule has 0 unspecified atom stereocenters. The highest BCUT2D eigenvalue weighted by Gasteiger charge is 2.32. The fourth-order valence-corrected chi connectivity index (χ4v) is 3.44. The van der Waals surface area contributed by atoms with E-state index in [9.17, 15) is 5.11 Å². The van der Waals surface area contributed by atoms with E-state index >= 15 is 0 Å². The third-order valence-electron chi connectivity index (χ3n) is 4.24. The van der Waals surface area contributed by atoms with Crippen LogP contribution in [0.1, 0.15) is 44.6 Å². The molecule has 0 aliphatic heterocycles. The number of benzene rings is 1. The lowest BCUT2D eigenvalue weighted by molar-refractivity contribution is 0.0559. The van der Waals surface area contributed by atoms with Gasteiger partial charge in [0, 0.05) is 20.1 Å². The molecule has 1 aromatic carbocycles. The molecular formula is C17H27ClN2O. The molecular weight excluding hydrogens is 284 g/mol. The maximum absolute atomic E-state index is 10.5. The molecule has 0 bridgehead atoms. The van der Waals surface area contributed by atoms with Gasteiger partial charge in [0.2, 0.25) is 0 Å². The summed E-state index contributed by atoms with van der Waals surface area (Å²) in [4.78, 5) is 2.08. The normalized spacial score (nSPS) is 17.1. The van der Waals surface area contributed by atoms with Crippen molar-refractivity contribution in [3.63, 3.8) is 0 Å². The van der Waals surface area contributed by atoms with Crippen LogP contribution in [0.4, 0.5) is 5.69 Å². The van der Waals surface area contributed by atoms with Crippen LogP contribution in [0.3, 0.4) is 0 Å². The fourth-order valence-electron chi connectivity index (χ4n) is 3.10. The Morgan fingerprint density at radius 2 is 2.05 bits per heavy atom. The molecule has 0 saturated heterocycles. The van der Waals surface area contributed by atoms with E-state index in [4.69, 9.17) is 11.6 Å². The van der Waals surface area contributed by atoms with Gasteiger partial charge >= 0.3 is 0 Å². The quantitative estimate of drug-likeness (QED) is 0.756. The standard InChI is InChI=1S/C17H27ClN2O/c1-3-10-19-12-14-6-7-16(15(18)11-14)20(2)13-17(21)8-4-5-9-17/h6-7,11,19,21H,3-5,8-10,12-13H2,1-2H3. The molecule has 3 nitrogen and oxygen atoms in total. The number of anilines is 1. The third-order valence-corrected chi connectivity index (χ3v) is 4.55. The second kappa shape index (κ2) is 7.48. The van der Waals surface area contributed by atoms with Gasteiger partial charge in [0.15, 0.2) is 0 Å². The first kappa shape index (κ1) is 16.6. The average Bonchev–Trinajstić information content (AvgIpc) is 2.85. The van der Waals surface area contributed by atoms with E-state index in [0.29, 0.717) is 6.54 Å². The Labute approximate surface area is 133 Å². The highest BCUT2D eigenvalue weighted by Crippen LogP contribution is 2.33. The van der Waals surface area contributed by atoms with Crippen LogP contribution in [0.15, 0.2) is 18.2 Å². The number of hydrogen-bond acceptors (Lipinski definition) is 3. The fraction of sp³-hybridized carbons (Fsp3) is 0.647. The highest BCUT2D eigenvalue weighted by atomic mass is 35.5. The van der Waals surface area contributed by atoms with Crippen molar-refractivity contribution in [2.75, 3.05) is 25.0 Å². The van der Waals surface area contributed by atoms with Gasteiger partial charge in [0.25, 0.3) is 0 Å². The smallest absolute Gasteiger partial charge is 0.0821 e. The van der Waals surface area contributed by atoms with E-state index in [2.05, 4.69) is 29.3 Å². The van der Waals surface area contributed by atoms with Gasteiger partial charge in [-0.2, -0.15) is 0 Å². The molecule has 1 fully saturated rings. The summed E-state index contributed by atoms with van der Waals surface area (Å²) in [6.07, 6.45) is 5.18. The summed E-state index contributed by atoms with van der Waals surface area (Å²) in [5.41, 5.74) is 1.65. The molecule has 0 heterocycles. The molecule has 1 aliphatic rings. The van der Waals surface area contributed by atoms with Gasteiger partial charge in [-0.25, -0.2) is 0 Å². The molecule has 1 aromatic rings. The summed E-state index contributed by atoms with van der Waals surface area (Å²) in [6.45, 7) is 4.68. The highest BCUT2D eigenvalue weighted by molar-refractivity contribution is 6.33. The average molecular weight is 311 g/mol. The van der Waals surface area contributed by atoms with E-state index in [1.165, 1.54) is 5.56 Å². The van der Waals surface area contributed by atoms with Crippen molar-refractivity contribution in [3.05, 3.63) is 28.8 Å². The first-order chi connectivity index (χ1) is 10.0. The predicted molar refractivity (Wildman–Crippen MR) is 90.1 cm³/mol. The molecule has 0 aromatic heterocycles. The second-order valence-corrected chi connectivity index (χ2v) is 6.66. The topological polar surface area (TPSA) is 35.5 Å². The maximum atomic E-state index is 10.5. The van der Waals surface area contributed by atoms with Crippen molar-refractivity contribution in [1.29, 1.82) is 0 Å². The Balaban J connectivity index is 1.99. The van der Waals surface area contributed by atoms with Crippen LogP contribution in [0.25, 0.3) is 0 Å². The van der Waals surface area contributed by atoms with Crippen molar-refractivity contribution in [1.82, 2.24) is 5.32 Å². The van der Waals surface area contributed by atoms with Crippen LogP contribution in [0.2, 0.25) is 5.02 Å². The van der Waals surface area contributed by atoms with Crippen LogP contribution in [-0.2, 0) is 6.54 Å². The third kappa shape index (κ3) is 4.60. The van der Waals surface area contributed by atoms with Gasteiger partial charge in [-0.05, 0) is 43.5 Å². The van der Waals surface area contributed by atoms with Gasteiger partial charge < -0.3 is 15.3 Å². The van der Waals surface area contributed by atoms with Crippen molar-refractivity contribution in [3.8, 4) is 0 Å². The number of nitrogens with zero attached hydrogens (tertiary/aromatic N) is 1. The lowest BCUT2D eigenvalue weighted by Crippen LogP contribution is -2.39. The summed E-state index contributed by atoms with van der Waals surface area (Å²) in [5.74, 6) is 0. The summed E-state index contributed by atoms with van der Waals surface area (Å²) < 4.78 is 0. The molecule has 0 spiro atoms. The molecule has 2 rings (SSSR count). The van der Waals surface area contributed by atoms with Gasteiger partial charge in [-0.3, -0.25) is 0 Å². The molecule has 4 heteroatoms. The zero-order chi connectivity index (χ0) is 15.3. The maximum Gasteiger partial charge on any atom is 0.0821 e. The Hall–Kier alpha value is -0.770. The molecule has 0 amide bonds. The largest absolute Gasteiger partial charge is 0.388 e. The number of likely N-dealkylation sites (N-methyl/N-ethyl adjacent to an activating group) is 1. The number of hydrogen-bond donors (Lipinski definition) is 2. The molecule has 21 heavy (non-hydrogen) atoms. The lowest BCUT2D eigenvalue weighted by atomic mass is 10.0. The number of halogens is 1. The molecule has 0 radical (unpaired) electrons. The number of aliphatic hydroxyl groups is 1. The molecule has 2 N–H and O–H groups in total. The summed E-state index contributed by atoms with van der Waals surface area (Å²) in [6, 6.07) is 6.19. The van der Waals surface area contributed by atoms with Crippen molar-refractivity contribution >= 4 is 17.3 Å². The minimum Gasteiger partial charge on any atom is -0.388 e. The molecule has 0 atom stereocenters. The van der Waals surface area contributed by atoms with Gasteiger partial charge in [-0.1, -0.05) is 37.4 Å². The minimum absolute atomic E-state index is 0.542. The van der Waals surface area contributed by atoms with E-state index in [1.807, 2.05) is 13.1 Å². The first-order valence-corrected chi connectivity index (χ1v) is 8.34. The van der Waals surface area contributed by atoms with E-state index in [0.717, 1.165) is 55.9 Å². The van der Waals surface area contributed by atoms with Gasteiger partial charge in [0.05, 0.1) is 16.3 Å². The molecule has 118 valence electrons. The summed E-state index contributed by atoms with van der Waals surface area (Å²) in [5, 5.41) is 14.7. The van der Waals surface area contributed by atoms with E-state index in [-0.39, 0.29) is 0 Å². The Kier molecular flexibility index (Phi) is 5.91.